The second-order valence-electron chi connectivity index (χ2n) is 6.83. The molecule has 0 unspecified atom stereocenters. The van der Waals surface area contributed by atoms with Crippen molar-refractivity contribution in [3.8, 4) is 0 Å². The lowest BCUT2D eigenvalue weighted by atomic mass is 9.89. The largest absolute Gasteiger partial charge is 0.383 e. The summed E-state index contributed by atoms with van der Waals surface area (Å²) in [7, 11) is 0. The number of likely N-dealkylation sites (tertiary alicyclic amines) is 1. The molecule has 1 saturated heterocycles. The predicted octanol–water partition coefficient (Wildman–Crippen LogP) is 2.24. The minimum atomic E-state index is -0.890. The molecular formula is C18H25FN2O2. The highest BCUT2D eigenvalue weighted by Gasteiger charge is 2.33. The van der Waals surface area contributed by atoms with Gasteiger partial charge in [0.2, 0.25) is 5.91 Å². The van der Waals surface area contributed by atoms with E-state index in [9.17, 15) is 14.3 Å². The fraction of sp³-hybridized carbons (Fsp3) is 0.611. The van der Waals surface area contributed by atoms with E-state index in [1.54, 1.807) is 0 Å². The minimum absolute atomic E-state index is 0.0328. The van der Waals surface area contributed by atoms with Crippen LogP contribution in [0.5, 0.6) is 0 Å². The van der Waals surface area contributed by atoms with E-state index in [0.717, 1.165) is 44.3 Å². The molecule has 1 amide bonds. The van der Waals surface area contributed by atoms with Crippen molar-refractivity contribution >= 4 is 5.91 Å². The SMILES string of the molecule is C[C@H](c1ccc(F)cc1)N1CCC([C@H](O)C(=O)NC2CC2)CC1. The second kappa shape index (κ2) is 6.97. The highest BCUT2D eigenvalue weighted by molar-refractivity contribution is 5.81. The number of aliphatic hydroxyl groups is 1. The van der Waals surface area contributed by atoms with Gasteiger partial charge in [0.05, 0.1) is 0 Å². The van der Waals surface area contributed by atoms with Crippen LogP contribution in [0.25, 0.3) is 0 Å². The molecule has 2 N–H and O–H groups in total. The van der Waals surface area contributed by atoms with Crippen molar-refractivity contribution in [2.24, 2.45) is 5.92 Å². The summed E-state index contributed by atoms with van der Waals surface area (Å²) >= 11 is 0. The lowest BCUT2D eigenvalue weighted by Gasteiger charge is -2.37. The number of amides is 1. The highest BCUT2D eigenvalue weighted by atomic mass is 19.1. The molecule has 126 valence electrons. The molecule has 5 heteroatoms. The van der Waals surface area contributed by atoms with E-state index in [1.165, 1.54) is 12.1 Å². The summed E-state index contributed by atoms with van der Waals surface area (Å²) in [4.78, 5) is 14.3. The van der Waals surface area contributed by atoms with E-state index in [4.69, 9.17) is 0 Å². The molecule has 2 atom stereocenters. The van der Waals surface area contributed by atoms with Crippen molar-refractivity contribution in [2.45, 2.75) is 50.8 Å². The standard InChI is InChI=1S/C18H25FN2O2/c1-12(13-2-4-15(19)5-3-13)21-10-8-14(9-11-21)17(22)18(23)20-16-6-7-16/h2-5,12,14,16-17,22H,6-11H2,1H3,(H,20,23)/t12-,17+/m1/s1. The molecule has 1 heterocycles. The average molecular weight is 320 g/mol. The molecular weight excluding hydrogens is 295 g/mol. The summed E-state index contributed by atoms with van der Waals surface area (Å²) in [5.41, 5.74) is 1.09. The summed E-state index contributed by atoms with van der Waals surface area (Å²) in [5.74, 6) is -0.396. The van der Waals surface area contributed by atoms with Gasteiger partial charge < -0.3 is 10.4 Å². The van der Waals surface area contributed by atoms with Crippen LogP contribution in [0.1, 0.15) is 44.2 Å². The zero-order valence-corrected chi connectivity index (χ0v) is 13.5. The summed E-state index contributed by atoms with van der Waals surface area (Å²) in [6, 6.07) is 7.13. The quantitative estimate of drug-likeness (QED) is 0.875. The molecule has 23 heavy (non-hydrogen) atoms. The van der Waals surface area contributed by atoms with Gasteiger partial charge in [-0.2, -0.15) is 0 Å². The van der Waals surface area contributed by atoms with Crippen LogP contribution >= 0.6 is 0 Å². The first kappa shape index (κ1) is 16.4. The van der Waals surface area contributed by atoms with Crippen molar-refractivity contribution in [1.82, 2.24) is 10.2 Å². The Morgan fingerprint density at radius 2 is 1.83 bits per heavy atom. The van der Waals surface area contributed by atoms with E-state index in [2.05, 4.69) is 17.1 Å². The number of halogens is 1. The van der Waals surface area contributed by atoms with Crippen molar-refractivity contribution < 1.29 is 14.3 Å². The first-order chi connectivity index (χ1) is 11.0. The van der Waals surface area contributed by atoms with E-state index >= 15 is 0 Å². The third kappa shape index (κ3) is 4.09. The first-order valence-corrected chi connectivity index (χ1v) is 8.52. The van der Waals surface area contributed by atoms with Crippen LogP contribution in [-0.4, -0.2) is 41.1 Å². The molecule has 0 aromatic heterocycles. The fourth-order valence-electron chi connectivity index (χ4n) is 3.30. The molecule has 1 aromatic rings. The monoisotopic (exact) mass is 320 g/mol. The minimum Gasteiger partial charge on any atom is -0.383 e. The number of aliphatic hydroxyl groups excluding tert-OH is 1. The smallest absolute Gasteiger partial charge is 0.249 e. The topological polar surface area (TPSA) is 52.6 Å². The van der Waals surface area contributed by atoms with Gasteiger partial charge in [-0.15, -0.1) is 0 Å². The normalized spacial score (nSPS) is 22.6. The molecule has 2 fully saturated rings. The van der Waals surface area contributed by atoms with Crippen LogP contribution < -0.4 is 5.32 Å². The van der Waals surface area contributed by atoms with Gasteiger partial charge in [0.15, 0.2) is 0 Å². The number of nitrogens with one attached hydrogen (secondary N) is 1. The van der Waals surface area contributed by atoms with Crippen LogP contribution in [0.3, 0.4) is 0 Å². The Hall–Kier alpha value is -1.46. The van der Waals surface area contributed by atoms with Crippen molar-refractivity contribution in [1.29, 1.82) is 0 Å². The zero-order chi connectivity index (χ0) is 16.4. The number of hydrogen-bond donors (Lipinski definition) is 2. The maximum absolute atomic E-state index is 13.0. The molecule has 1 saturated carbocycles. The van der Waals surface area contributed by atoms with Gasteiger partial charge in [-0.05, 0) is 69.3 Å². The highest BCUT2D eigenvalue weighted by Crippen LogP contribution is 2.28. The molecule has 3 rings (SSSR count). The van der Waals surface area contributed by atoms with Gasteiger partial charge in [0.25, 0.3) is 0 Å². The Kier molecular flexibility index (Phi) is 4.97. The molecule has 1 aromatic carbocycles. The number of benzene rings is 1. The number of carbonyl (C=O) groups is 1. The first-order valence-electron chi connectivity index (χ1n) is 8.52. The van der Waals surface area contributed by atoms with Crippen LogP contribution in [0.4, 0.5) is 4.39 Å². The zero-order valence-electron chi connectivity index (χ0n) is 13.5. The average Bonchev–Trinajstić information content (AvgIpc) is 3.38. The van der Waals surface area contributed by atoms with Crippen LogP contribution in [0.15, 0.2) is 24.3 Å². The molecule has 1 aliphatic carbocycles. The summed E-state index contributed by atoms with van der Waals surface area (Å²) in [6.45, 7) is 3.80. The van der Waals surface area contributed by atoms with Gasteiger partial charge in [-0.1, -0.05) is 12.1 Å². The maximum atomic E-state index is 13.0. The lowest BCUT2D eigenvalue weighted by Crippen LogP contribution is -2.45. The van der Waals surface area contributed by atoms with Gasteiger partial charge >= 0.3 is 0 Å². The van der Waals surface area contributed by atoms with Crippen molar-refractivity contribution in [3.05, 3.63) is 35.6 Å². The molecule has 4 nitrogen and oxygen atoms in total. The number of carbonyl (C=O) groups excluding carboxylic acids is 1. The van der Waals surface area contributed by atoms with E-state index in [1.807, 2.05) is 12.1 Å². The van der Waals surface area contributed by atoms with E-state index < -0.39 is 6.10 Å². The lowest BCUT2D eigenvalue weighted by molar-refractivity contribution is -0.133. The summed E-state index contributed by atoms with van der Waals surface area (Å²) in [5, 5.41) is 13.1. The van der Waals surface area contributed by atoms with E-state index in [0.29, 0.717) is 0 Å². The van der Waals surface area contributed by atoms with E-state index in [-0.39, 0.29) is 29.7 Å². The van der Waals surface area contributed by atoms with Gasteiger partial charge in [0, 0.05) is 12.1 Å². The van der Waals surface area contributed by atoms with Crippen LogP contribution in [0, 0.1) is 11.7 Å². The molecule has 1 aliphatic heterocycles. The van der Waals surface area contributed by atoms with Gasteiger partial charge in [0.1, 0.15) is 11.9 Å². The Morgan fingerprint density at radius 3 is 2.39 bits per heavy atom. The second-order valence-corrected chi connectivity index (χ2v) is 6.83. The Morgan fingerprint density at radius 1 is 1.22 bits per heavy atom. The third-order valence-electron chi connectivity index (χ3n) is 5.11. The number of nitrogens with zero attached hydrogens (tertiary/aromatic N) is 1. The summed E-state index contributed by atoms with van der Waals surface area (Å²) in [6.07, 6.45) is 2.80. The van der Waals surface area contributed by atoms with Crippen LogP contribution in [-0.2, 0) is 4.79 Å². The maximum Gasteiger partial charge on any atom is 0.249 e. The molecule has 0 radical (unpaired) electrons. The number of piperidine rings is 1. The Balaban J connectivity index is 1.51. The van der Waals surface area contributed by atoms with Crippen LogP contribution in [0.2, 0.25) is 0 Å². The third-order valence-corrected chi connectivity index (χ3v) is 5.11. The summed E-state index contributed by atoms with van der Waals surface area (Å²) < 4.78 is 13.0. The Labute approximate surface area is 136 Å². The van der Waals surface area contributed by atoms with Gasteiger partial charge in [-0.25, -0.2) is 4.39 Å². The van der Waals surface area contributed by atoms with Gasteiger partial charge in [-0.3, -0.25) is 9.69 Å². The molecule has 2 aliphatic rings. The van der Waals surface area contributed by atoms with Crippen molar-refractivity contribution in [3.63, 3.8) is 0 Å². The number of hydrogen-bond acceptors (Lipinski definition) is 3. The fourth-order valence-corrected chi connectivity index (χ4v) is 3.30. The Bertz CT molecular complexity index is 536. The predicted molar refractivity (Wildman–Crippen MR) is 86.3 cm³/mol. The van der Waals surface area contributed by atoms with Crippen molar-refractivity contribution in [2.75, 3.05) is 13.1 Å². The molecule has 0 spiro atoms. The number of rotatable bonds is 5. The molecule has 0 bridgehead atoms.